The first-order valence-corrected chi connectivity index (χ1v) is 7.67. The fourth-order valence-electron chi connectivity index (χ4n) is 2.47. The van der Waals surface area contributed by atoms with Gasteiger partial charge in [0, 0.05) is 22.7 Å². The molecule has 0 bridgehead atoms. The van der Waals surface area contributed by atoms with Crippen LogP contribution in [0.5, 0.6) is 0 Å². The van der Waals surface area contributed by atoms with Gasteiger partial charge in [0.25, 0.3) is 0 Å². The molecule has 0 unspecified atom stereocenters. The predicted octanol–water partition coefficient (Wildman–Crippen LogP) is 5.56. The Bertz CT molecular complexity index is 937. The van der Waals surface area contributed by atoms with E-state index in [1.807, 2.05) is 0 Å². The van der Waals surface area contributed by atoms with Crippen molar-refractivity contribution in [2.75, 3.05) is 0 Å². The number of halogens is 4. The van der Waals surface area contributed by atoms with E-state index in [4.69, 9.17) is 39.9 Å². The van der Waals surface area contributed by atoms with E-state index in [2.05, 4.69) is 4.98 Å². The zero-order chi connectivity index (χ0) is 16.7. The Labute approximate surface area is 145 Å². The smallest absolute Gasteiger partial charge is 0.307 e. The van der Waals surface area contributed by atoms with Gasteiger partial charge in [-0.3, -0.25) is 4.79 Å². The SMILES string of the molecule is O=C(O)Cc1c[nH]c2c(F)c(-c3cc(Cl)c(Cl)cc3Cl)ccc12. The lowest BCUT2D eigenvalue weighted by atomic mass is 10.0. The lowest BCUT2D eigenvalue weighted by Crippen LogP contribution is -1.98. The largest absolute Gasteiger partial charge is 0.481 e. The second kappa shape index (κ2) is 6.04. The van der Waals surface area contributed by atoms with Crippen LogP contribution in [0.4, 0.5) is 4.39 Å². The molecule has 23 heavy (non-hydrogen) atoms. The topological polar surface area (TPSA) is 53.1 Å². The van der Waals surface area contributed by atoms with Crippen LogP contribution in [0, 0.1) is 5.82 Å². The van der Waals surface area contributed by atoms with Crippen LogP contribution in [0.3, 0.4) is 0 Å². The molecule has 0 aliphatic heterocycles. The van der Waals surface area contributed by atoms with Crippen LogP contribution in [0.25, 0.3) is 22.0 Å². The van der Waals surface area contributed by atoms with Crippen LogP contribution in [0.15, 0.2) is 30.5 Å². The molecule has 2 aromatic carbocycles. The van der Waals surface area contributed by atoms with Crippen molar-refractivity contribution in [2.45, 2.75) is 6.42 Å². The summed E-state index contributed by atoms with van der Waals surface area (Å²) in [5.41, 5.74) is 1.40. The van der Waals surface area contributed by atoms with Crippen molar-refractivity contribution in [1.29, 1.82) is 0 Å². The van der Waals surface area contributed by atoms with Crippen LogP contribution in [-0.2, 0) is 11.2 Å². The lowest BCUT2D eigenvalue weighted by Gasteiger charge is -2.09. The summed E-state index contributed by atoms with van der Waals surface area (Å²) in [4.78, 5) is 13.6. The molecule has 0 radical (unpaired) electrons. The Morgan fingerprint density at radius 1 is 1.09 bits per heavy atom. The maximum Gasteiger partial charge on any atom is 0.307 e. The molecule has 7 heteroatoms. The van der Waals surface area contributed by atoms with E-state index in [0.717, 1.165) is 0 Å². The summed E-state index contributed by atoms with van der Waals surface area (Å²) in [6.07, 6.45) is 1.30. The Morgan fingerprint density at radius 2 is 1.78 bits per heavy atom. The Morgan fingerprint density at radius 3 is 2.48 bits per heavy atom. The highest BCUT2D eigenvalue weighted by Crippen LogP contribution is 2.38. The number of H-pyrrole nitrogens is 1. The third-order valence-corrected chi connectivity index (χ3v) is 4.56. The van der Waals surface area contributed by atoms with Gasteiger partial charge >= 0.3 is 5.97 Å². The van der Waals surface area contributed by atoms with E-state index >= 15 is 0 Å². The van der Waals surface area contributed by atoms with Gasteiger partial charge in [0.1, 0.15) is 0 Å². The number of carboxylic acid groups (broad SMARTS) is 1. The van der Waals surface area contributed by atoms with Crippen molar-refractivity contribution in [1.82, 2.24) is 4.98 Å². The molecule has 3 aromatic rings. The van der Waals surface area contributed by atoms with Crippen molar-refractivity contribution < 1.29 is 14.3 Å². The second-order valence-corrected chi connectivity index (χ2v) is 6.20. The summed E-state index contributed by atoms with van der Waals surface area (Å²) in [7, 11) is 0. The maximum atomic E-state index is 14.8. The molecule has 1 aromatic heterocycles. The molecule has 0 saturated heterocycles. The van der Waals surface area contributed by atoms with Crippen molar-refractivity contribution in [3.05, 3.63) is 56.9 Å². The monoisotopic (exact) mass is 371 g/mol. The normalized spacial score (nSPS) is 11.1. The van der Waals surface area contributed by atoms with Crippen molar-refractivity contribution in [3.8, 4) is 11.1 Å². The minimum atomic E-state index is -0.983. The van der Waals surface area contributed by atoms with Gasteiger partial charge in [-0.1, -0.05) is 46.9 Å². The van der Waals surface area contributed by atoms with E-state index in [9.17, 15) is 9.18 Å². The number of carboxylic acids is 1. The highest BCUT2D eigenvalue weighted by Gasteiger charge is 2.17. The lowest BCUT2D eigenvalue weighted by molar-refractivity contribution is -0.136. The molecule has 3 nitrogen and oxygen atoms in total. The Balaban J connectivity index is 2.19. The first-order chi connectivity index (χ1) is 10.9. The molecule has 0 saturated carbocycles. The summed E-state index contributed by atoms with van der Waals surface area (Å²) in [6, 6.07) is 6.15. The minimum absolute atomic E-state index is 0.188. The number of hydrogen-bond donors (Lipinski definition) is 2. The zero-order valence-electron chi connectivity index (χ0n) is 11.5. The average Bonchev–Trinajstić information content (AvgIpc) is 2.87. The van der Waals surface area contributed by atoms with Crippen LogP contribution in [0.2, 0.25) is 15.1 Å². The highest BCUT2D eigenvalue weighted by atomic mass is 35.5. The van der Waals surface area contributed by atoms with Gasteiger partial charge in [0.2, 0.25) is 0 Å². The molecular formula is C16H9Cl3FNO2. The molecule has 118 valence electrons. The van der Waals surface area contributed by atoms with Gasteiger partial charge in [-0.2, -0.15) is 0 Å². The van der Waals surface area contributed by atoms with Gasteiger partial charge in [0.05, 0.1) is 27.0 Å². The van der Waals surface area contributed by atoms with E-state index in [1.165, 1.54) is 18.3 Å². The Kier molecular flexibility index (Phi) is 4.23. The number of carbonyl (C=O) groups is 1. The van der Waals surface area contributed by atoms with Crippen LogP contribution >= 0.6 is 34.8 Å². The number of aromatic nitrogens is 1. The molecule has 0 aliphatic rings. The molecule has 0 fully saturated rings. The summed E-state index contributed by atoms with van der Waals surface area (Å²) < 4.78 is 14.8. The number of aliphatic carboxylic acids is 1. The molecule has 0 spiro atoms. The molecule has 0 atom stereocenters. The fourth-order valence-corrected chi connectivity index (χ4v) is 3.12. The van der Waals surface area contributed by atoms with Gasteiger partial charge < -0.3 is 10.1 Å². The maximum absolute atomic E-state index is 14.8. The van der Waals surface area contributed by atoms with Gasteiger partial charge in [0.15, 0.2) is 5.82 Å². The number of benzene rings is 2. The number of hydrogen-bond acceptors (Lipinski definition) is 1. The van der Waals surface area contributed by atoms with E-state index < -0.39 is 11.8 Å². The molecule has 3 rings (SSSR count). The molecule has 1 heterocycles. The van der Waals surface area contributed by atoms with Crippen LogP contribution in [0.1, 0.15) is 5.56 Å². The predicted molar refractivity (Wildman–Crippen MR) is 90.1 cm³/mol. The quantitative estimate of drug-likeness (QED) is 0.591. The van der Waals surface area contributed by atoms with E-state index in [-0.39, 0.29) is 32.6 Å². The third kappa shape index (κ3) is 2.90. The first-order valence-electron chi connectivity index (χ1n) is 6.53. The van der Waals surface area contributed by atoms with E-state index in [1.54, 1.807) is 12.1 Å². The van der Waals surface area contributed by atoms with Crippen molar-refractivity contribution in [2.24, 2.45) is 0 Å². The second-order valence-electron chi connectivity index (χ2n) is 4.98. The molecule has 2 N–H and O–H groups in total. The van der Waals surface area contributed by atoms with Gasteiger partial charge in [-0.15, -0.1) is 0 Å². The van der Waals surface area contributed by atoms with E-state index in [0.29, 0.717) is 16.5 Å². The van der Waals surface area contributed by atoms with Crippen LogP contribution in [-0.4, -0.2) is 16.1 Å². The highest BCUT2D eigenvalue weighted by molar-refractivity contribution is 6.44. The molecular weight excluding hydrogens is 364 g/mol. The van der Waals surface area contributed by atoms with Crippen molar-refractivity contribution >= 4 is 51.7 Å². The van der Waals surface area contributed by atoms with Crippen LogP contribution < -0.4 is 0 Å². The summed E-state index contributed by atoms with van der Waals surface area (Å²) in [5.74, 6) is -1.51. The number of fused-ring (bicyclic) bond motifs is 1. The summed E-state index contributed by atoms with van der Waals surface area (Å²) in [6.45, 7) is 0. The minimum Gasteiger partial charge on any atom is -0.481 e. The molecule has 0 aliphatic carbocycles. The third-order valence-electron chi connectivity index (χ3n) is 3.52. The fraction of sp³-hybridized carbons (Fsp3) is 0.0625. The van der Waals surface area contributed by atoms with Crippen molar-refractivity contribution in [3.63, 3.8) is 0 Å². The summed E-state index contributed by atoms with van der Waals surface area (Å²) in [5, 5.41) is 10.2. The molecule has 0 amide bonds. The summed E-state index contributed by atoms with van der Waals surface area (Å²) >= 11 is 18.0. The van der Waals surface area contributed by atoms with Gasteiger partial charge in [-0.25, -0.2) is 4.39 Å². The Hall–Kier alpha value is -1.75. The zero-order valence-corrected chi connectivity index (χ0v) is 13.7. The standard InChI is InChI=1S/C16H9Cl3FNO2/c17-11-5-13(19)12(18)4-10(11)9-2-1-8-7(3-14(22)23)6-21-16(8)15(9)20/h1-2,4-6,21H,3H2,(H,22,23). The number of aromatic amines is 1. The first kappa shape index (κ1) is 16.1. The number of rotatable bonds is 3. The van der Waals surface area contributed by atoms with Gasteiger partial charge in [-0.05, 0) is 17.7 Å². The average molecular weight is 373 g/mol. The number of nitrogens with one attached hydrogen (secondary N) is 1.